The van der Waals surface area contributed by atoms with Crippen LogP contribution in [0.2, 0.25) is 0 Å². The van der Waals surface area contributed by atoms with Crippen LogP contribution in [-0.2, 0) is 6.42 Å². The Labute approximate surface area is 125 Å². The van der Waals surface area contributed by atoms with Crippen molar-refractivity contribution in [2.45, 2.75) is 77.8 Å². The molecular formula is C19H31N. The van der Waals surface area contributed by atoms with Crippen molar-refractivity contribution in [1.29, 1.82) is 0 Å². The third-order valence-electron chi connectivity index (χ3n) is 5.00. The van der Waals surface area contributed by atoms with E-state index in [1.807, 2.05) is 0 Å². The first-order valence-corrected chi connectivity index (χ1v) is 8.61. The molecule has 0 radical (unpaired) electrons. The van der Waals surface area contributed by atoms with Crippen molar-refractivity contribution in [1.82, 2.24) is 5.32 Å². The highest BCUT2D eigenvalue weighted by Gasteiger charge is 2.22. The molecule has 0 saturated heterocycles. The third kappa shape index (κ3) is 4.09. The molecular weight excluding hydrogens is 242 g/mol. The van der Waals surface area contributed by atoms with Gasteiger partial charge in [0.2, 0.25) is 0 Å². The molecule has 1 nitrogen and oxygen atoms in total. The van der Waals surface area contributed by atoms with Gasteiger partial charge in [0.1, 0.15) is 0 Å². The summed E-state index contributed by atoms with van der Waals surface area (Å²) in [5, 5.41) is 3.92. The van der Waals surface area contributed by atoms with Crippen molar-refractivity contribution in [3.05, 3.63) is 35.4 Å². The van der Waals surface area contributed by atoms with Crippen molar-refractivity contribution in [2.75, 3.05) is 0 Å². The van der Waals surface area contributed by atoms with Crippen LogP contribution in [0.25, 0.3) is 0 Å². The van der Waals surface area contributed by atoms with E-state index in [0.717, 1.165) is 18.4 Å². The van der Waals surface area contributed by atoms with E-state index in [1.54, 1.807) is 0 Å². The second kappa shape index (κ2) is 7.83. The number of nitrogens with one attached hydrogen (secondary N) is 1. The highest BCUT2D eigenvalue weighted by molar-refractivity contribution is 5.25. The predicted molar refractivity (Wildman–Crippen MR) is 88.0 cm³/mol. The average molecular weight is 273 g/mol. The Balaban J connectivity index is 1.97. The smallest absolute Gasteiger partial charge is 0.0320 e. The maximum atomic E-state index is 3.92. The molecule has 1 aliphatic rings. The largest absolute Gasteiger partial charge is 0.307 e. The predicted octanol–water partition coefficient (Wildman–Crippen LogP) is 5.26. The summed E-state index contributed by atoms with van der Waals surface area (Å²) < 4.78 is 0. The van der Waals surface area contributed by atoms with Crippen LogP contribution in [0, 0.1) is 5.92 Å². The minimum absolute atomic E-state index is 0.529. The van der Waals surface area contributed by atoms with E-state index in [2.05, 4.69) is 50.4 Å². The van der Waals surface area contributed by atoms with Crippen molar-refractivity contribution >= 4 is 0 Å². The summed E-state index contributed by atoms with van der Waals surface area (Å²) in [6.07, 6.45) is 9.24. The number of rotatable bonds is 6. The highest BCUT2D eigenvalue weighted by atomic mass is 15.0. The number of hydrogen-bond donors (Lipinski definition) is 1. The van der Waals surface area contributed by atoms with Gasteiger partial charge in [0.05, 0.1) is 0 Å². The molecule has 0 aliphatic heterocycles. The van der Waals surface area contributed by atoms with Gasteiger partial charge < -0.3 is 5.32 Å². The van der Waals surface area contributed by atoms with Gasteiger partial charge in [-0.3, -0.25) is 0 Å². The Hall–Kier alpha value is -0.820. The van der Waals surface area contributed by atoms with Crippen LogP contribution >= 0.6 is 0 Å². The number of aryl methyl sites for hydroxylation is 1. The fourth-order valence-electron chi connectivity index (χ4n) is 3.53. The van der Waals surface area contributed by atoms with Gasteiger partial charge in [0.25, 0.3) is 0 Å². The summed E-state index contributed by atoms with van der Waals surface area (Å²) in [5.41, 5.74) is 2.90. The van der Waals surface area contributed by atoms with Crippen molar-refractivity contribution in [2.24, 2.45) is 5.92 Å². The quantitative estimate of drug-likeness (QED) is 0.745. The van der Waals surface area contributed by atoms with Crippen molar-refractivity contribution in [3.8, 4) is 0 Å². The Morgan fingerprint density at radius 1 is 1.10 bits per heavy atom. The van der Waals surface area contributed by atoms with Gasteiger partial charge in [-0.1, -0.05) is 64.3 Å². The lowest BCUT2D eigenvalue weighted by molar-refractivity contribution is 0.260. The molecule has 0 spiro atoms. The van der Waals surface area contributed by atoms with E-state index in [-0.39, 0.29) is 0 Å². The second-order valence-electron chi connectivity index (χ2n) is 6.36. The van der Waals surface area contributed by atoms with Crippen LogP contribution < -0.4 is 5.32 Å². The zero-order chi connectivity index (χ0) is 14.4. The highest BCUT2D eigenvalue weighted by Crippen LogP contribution is 2.29. The zero-order valence-corrected chi connectivity index (χ0v) is 13.5. The average Bonchev–Trinajstić information content (AvgIpc) is 2.53. The van der Waals surface area contributed by atoms with Crippen LogP contribution in [0.1, 0.15) is 76.5 Å². The maximum Gasteiger partial charge on any atom is 0.0320 e. The van der Waals surface area contributed by atoms with Crippen molar-refractivity contribution < 1.29 is 0 Å². The molecule has 0 amide bonds. The molecule has 1 saturated carbocycles. The molecule has 1 N–H and O–H groups in total. The van der Waals surface area contributed by atoms with Gasteiger partial charge in [-0.15, -0.1) is 0 Å². The Kier molecular flexibility index (Phi) is 6.09. The number of benzene rings is 1. The van der Waals surface area contributed by atoms with E-state index >= 15 is 0 Å². The molecule has 1 aliphatic carbocycles. The molecule has 1 aromatic carbocycles. The molecule has 2 rings (SSSR count). The van der Waals surface area contributed by atoms with Crippen molar-refractivity contribution in [3.63, 3.8) is 0 Å². The van der Waals surface area contributed by atoms with Gasteiger partial charge in [-0.2, -0.15) is 0 Å². The van der Waals surface area contributed by atoms with Gasteiger partial charge >= 0.3 is 0 Å². The summed E-state index contributed by atoms with van der Waals surface area (Å²) in [7, 11) is 0. The summed E-state index contributed by atoms with van der Waals surface area (Å²) >= 11 is 0. The summed E-state index contributed by atoms with van der Waals surface area (Å²) in [6, 6.07) is 10.5. The lowest BCUT2D eigenvalue weighted by atomic mass is 9.83. The SMILES string of the molecule is CCc1ccc(C(CC)NC2CCCC(CC)C2)cc1. The normalized spacial score (nSPS) is 24.6. The van der Waals surface area contributed by atoms with E-state index in [1.165, 1.54) is 49.7 Å². The third-order valence-corrected chi connectivity index (χ3v) is 5.00. The Morgan fingerprint density at radius 3 is 2.45 bits per heavy atom. The maximum absolute atomic E-state index is 3.92. The molecule has 0 bridgehead atoms. The van der Waals surface area contributed by atoms with Gasteiger partial charge in [0, 0.05) is 12.1 Å². The number of hydrogen-bond acceptors (Lipinski definition) is 1. The fraction of sp³-hybridized carbons (Fsp3) is 0.684. The molecule has 1 heteroatoms. The molecule has 1 aromatic rings. The first-order valence-electron chi connectivity index (χ1n) is 8.61. The lowest BCUT2D eigenvalue weighted by Gasteiger charge is -2.32. The molecule has 0 heterocycles. The first-order chi connectivity index (χ1) is 9.76. The van der Waals surface area contributed by atoms with E-state index in [4.69, 9.17) is 0 Å². The fourth-order valence-corrected chi connectivity index (χ4v) is 3.53. The van der Waals surface area contributed by atoms with Crippen LogP contribution in [-0.4, -0.2) is 6.04 Å². The Bertz CT molecular complexity index is 381. The van der Waals surface area contributed by atoms with Crippen LogP contribution in [0.15, 0.2) is 24.3 Å². The topological polar surface area (TPSA) is 12.0 Å². The summed E-state index contributed by atoms with van der Waals surface area (Å²) in [6.45, 7) is 6.86. The molecule has 3 atom stereocenters. The lowest BCUT2D eigenvalue weighted by Crippen LogP contribution is -2.36. The van der Waals surface area contributed by atoms with Crippen LogP contribution in [0.4, 0.5) is 0 Å². The van der Waals surface area contributed by atoms with Gasteiger partial charge in [-0.05, 0) is 42.7 Å². The Morgan fingerprint density at radius 2 is 1.85 bits per heavy atom. The van der Waals surface area contributed by atoms with E-state index < -0.39 is 0 Å². The minimum Gasteiger partial charge on any atom is -0.307 e. The molecule has 112 valence electrons. The van der Waals surface area contributed by atoms with Gasteiger partial charge in [0.15, 0.2) is 0 Å². The monoisotopic (exact) mass is 273 g/mol. The molecule has 20 heavy (non-hydrogen) atoms. The van der Waals surface area contributed by atoms with Crippen LogP contribution in [0.5, 0.6) is 0 Å². The zero-order valence-electron chi connectivity index (χ0n) is 13.5. The first kappa shape index (κ1) is 15.6. The molecule has 1 fully saturated rings. The van der Waals surface area contributed by atoms with E-state index in [0.29, 0.717) is 6.04 Å². The summed E-state index contributed by atoms with van der Waals surface area (Å²) in [4.78, 5) is 0. The van der Waals surface area contributed by atoms with E-state index in [9.17, 15) is 0 Å². The van der Waals surface area contributed by atoms with Crippen LogP contribution in [0.3, 0.4) is 0 Å². The standard InChI is InChI=1S/C19H31N/c1-4-15-10-12-17(13-11-15)19(6-3)20-18-9-7-8-16(5-2)14-18/h10-13,16,18-20H,4-9,14H2,1-3H3. The second-order valence-corrected chi connectivity index (χ2v) is 6.36. The minimum atomic E-state index is 0.529. The molecule has 3 unspecified atom stereocenters. The molecule has 0 aromatic heterocycles. The summed E-state index contributed by atoms with van der Waals surface area (Å²) in [5.74, 6) is 0.946. The van der Waals surface area contributed by atoms with Gasteiger partial charge in [-0.25, -0.2) is 0 Å².